The van der Waals surface area contributed by atoms with Crippen LogP contribution in [-0.4, -0.2) is 64.0 Å². The van der Waals surface area contributed by atoms with Gasteiger partial charge in [-0.1, -0.05) is 6.92 Å². The van der Waals surface area contributed by atoms with Gasteiger partial charge in [0.15, 0.2) is 0 Å². The first-order valence-corrected chi connectivity index (χ1v) is 11.2. The lowest BCUT2D eigenvalue weighted by molar-refractivity contribution is -0.130. The maximum Gasteiger partial charge on any atom is 0.270 e. The number of allylic oxidation sites excluding steroid dienone is 1. The Hall–Kier alpha value is -3.55. The number of nitrogens with one attached hydrogen (secondary N) is 1. The molecule has 2 amide bonds. The molecule has 1 N–H and O–H groups in total. The monoisotopic (exact) mass is 449 g/mol. The molecule has 2 aromatic heterocycles. The fraction of sp³-hybridized carbons (Fsp3) is 0.400. The fourth-order valence-electron chi connectivity index (χ4n) is 3.79. The summed E-state index contributed by atoms with van der Waals surface area (Å²) >= 11 is 0. The van der Waals surface area contributed by atoms with Gasteiger partial charge in [-0.3, -0.25) is 19.4 Å². The van der Waals surface area contributed by atoms with E-state index < -0.39 is 0 Å². The van der Waals surface area contributed by atoms with Gasteiger partial charge < -0.3 is 15.1 Å². The van der Waals surface area contributed by atoms with E-state index in [-0.39, 0.29) is 24.4 Å². The molecule has 0 spiro atoms. The van der Waals surface area contributed by atoms with Crippen molar-refractivity contribution in [2.45, 2.75) is 46.1 Å². The molecule has 0 saturated carbocycles. The number of hydrogen-bond donors (Lipinski definition) is 1. The number of amides is 2. The number of anilines is 1. The summed E-state index contributed by atoms with van der Waals surface area (Å²) in [6, 6.07) is 5.66. The summed E-state index contributed by atoms with van der Waals surface area (Å²) in [5.74, 6) is -0.102. The Kier molecular flexibility index (Phi) is 7.92. The van der Waals surface area contributed by atoms with Gasteiger partial charge in [0, 0.05) is 54.9 Å². The van der Waals surface area contributed by atoms with Crippen LogP contribution in [0.2, 0.25) is 0 Å². The highest BCUT2D eigenvalue weighted by molar-refractivity contribution is 6.00. The number of aldehydes is 1. The summed E-state index contributed by atoms with van der Waals surface area (Å²) in [7, 11) is 1.73. The van der Waals surface area contributed by atoms with Crippen molar-refractivity contribution in [3.8, 4) is 11.1 Å². The summed E-state index contributed by atoms with van der Waals surface area (Å²) in [5.41, 5.74) is 3.68. The Bertz CT molecular complexity index is 1050. The third-order valence-electron chi connectivity index (χ3n) is 5.99. The number of aromatic nitrogens is 2. The summed E-state index contributed by atoms with van der Waals surface area (Å²) in [6.07, 6.45) is 8.03. The largest absolute Gasteiger partial charge is 0.357 e. The summed E-state index contributed by atoms with van der Waals surface area (Å²) < 4.78 is 0. The molecule has 0 radical (unpaired) electrons. The van der Waals surface area contributed by atoms with Crippen molar-refractivity contribution in [3.63, 3.8) is 0 Å². The van der Waals surface area contributed by atoms with Gasteiger partial charge in [-0.25, -0.2) is 4.98 Å². The SMILES string of the molecule is CCC(C)N(C)C(=O)C1=C(C=O)CCCN1CC(=O)Nc1ccc(-c2cncc(C)c2)cn1. The van der Waals surface area contributed by atoms with E-state index in [0.29, 0.717) is 36.5 Å². The molecule has 1 aliphatic rings. The zero-order chi connectivity index (χ0) is 24.0. The average Bonchev–Trinajstić information content (AvgIpc) is 2.82. The minimum atomic E-state index is -0.295. The number of hydrogen-bond acceptors (Lipinski definition) is 6. The van der Waals surface area contributed by atoms with Gasteiger partial charge in [0.05, 0.1) is 6.54 Å². The number of nitrogens with zero attached hydrogens (tertiary/aromatic N) is 4. The number of pyridine rings is 2. The second-order valence-corrected chi connectivity index (χ2v) is 8.42. The first kappa shape index (κ1) is 24.1. The number of likely N-dealkylation sites (N-methyl/N-ethyl adjacent to an activating group) is 1. The van der Waals surface area contributed by atoms with Crippen molar-refractivity contribution in [1.29, 1.82) is 0 Å². The lowest BCUT2D eigenvalue weighted by atomic mass is 10.0. The molecule has 8 heteroatoms. The molecule has 8 nitrogen and oxygen atoms in total. The summed E-state index contributed by atoms with van der Waals surface area (Å²) in [5, 5.41) is 2.79. The highest BCUT2D eigenvalue weighted by Crippen LogP contribution is 2.24. The van der Waals surface area contributed by atoms with Gasteiger partial charge in [-0.05, 0) is 56.9 Å². The zero-order valence-corrected chi connectivity index (χ0v) is 19.7. The Morgan fingerprint density at radius 2 is 2.03 bits per heavy atom. The van der Waals surface area contributed by atoms with E-state index in [1.54, 1.807) is 41.5 Å². The molecule has 0 saturated heterocycles. The van der Waals surface area contributed by atoms with Crippen LogP contribution >= 0.6 is 0 Å². The first-order chi connectivity index (χ1) is 15.8. The van der Waals surface area contributed by atoms with Crippen molar-refractivity contribution in [1.82, 2.24) is 19.8 Å². The van der Waals surface area contributed by atoms with Gasteiger partial charge in [-0.15, -0.1) is 0 Å². The molecule has 3 heterocycles. The molecule has 2 aromatic rings. The van der Waals surface area contributed by atoms with Crippen molar-refractivity contribution in [2.24, 2.45) is 0 Å². The average molecular weight is 450 g/mol. The predicted octanol–water partition coefficient (Wildman–Crippen LogP) is 3.20. The second kappa shape index (κ2) is 10.8. The van der Waals surface area contributed by atoms with E-state index in [1.165, 1.54) is 0 Å². The minimum Gasteiger partial charge on any atom is -0.357 e. The Balaban J connectivity index is 1.71. The summed E-state index contributed by atoms with van der Waals surface area (Å²) in [4.78, 5) is 49.4. The second-order valence-electron chi connectivity index (χ2n) is 8.42. The number of carbonyl (C=O) groups excluding carboxylic acids is 3. The van der Waals surface area contributed by atoms with E-state index in [2.05, 4.69) is 15.3 Å². The van der Waals surface area contributed by atoms with Gasteiger partial charge in [0.25, 0.3) is 5.91 Å². The summed E-state index contributed by atoms with van der Waals surface area (Å²) in [6.45, 7) is 6.44. The molecule has 1 unspecified atom stereocenters. The minimum absolute atomic E-state index is 0.0295. The van der Waals surface area contributed by atoms with Crippen molar-refractivity contribution < 1.29 is 14.4 Å². The van der Waals surface area contributed by atoms with Crippen LogP contribution in [0.3, 0.4) is 0 Å². The first-order valence-electron chi connectivity index (χ1n) is 11.2. The van der Waals surface area contributed by atoms with Crippen LogP contribution in [0, 0.1) is 6.92 Å². The molecule has 3 rings (SSSR count). The van der Waals surface area contributed by atoms with Crippen molar-refractivity contribution in [2.75, 3.05) is 25.5 Å². The smallest absolute Gasteiger partial charge is 0.270 e. The van der Waals surface area contributed by atoms with E-state index in [9.17, 15) is 14.4 Å². The van der Waals surface area contributed by atoms with Gasteiger partial charge in [0.1, 0.15) is 17.8 Å². The Morgan fingerprint density at radius 1 is 1.24 bits per heavy atom. The number of rotatable bonds is 8. The zero-order valence-electron chi connectivity index (χ0n) is 19.7. The maximum absolute atomic E-state index is 13.1. The number of carbonyl (C=O) groups is 3. The fourth-order valence-corrected chi connectivity index (χ4v) is 3.79. The topological polar surface area (TPSA) is 95.5 Å². The van der Waals surface area contributed by atoms with E-state index >= 15 is 0 Å². The van der Waals surface area contributed by atoms with Crippen LogP contribution in [0.1, 0.15) is 38.7 Å². The predicted molar refractivity (Wildman–Crippen MR) is 127 cm³/mol. The number of aryl methyl sites for hydroxylation is 1. The van der Waals surface area contributed by atoms with Crippen LogP contribution in [0.15, 0.2) is 48.1 Å². The van der Waals surface area contributed by atoms with Crippen LogP contribution in [0.5, 0.6) is 0 Å². The standard InChI is InChI=1S/C25H31N5O3/c1-5-18(3)29(4)25(33)24-20(16-31)7-6-10-30(24)15-23(32)28-22-9-8-19(14-27-22)21-11-17(2)12-26-13-21/h8-9,11-14,16,18H,5-7,10,15H2,1-4H3,(H,27,28,32). The van der Waals surface area contributed by atoms with Gasteiger partial charge in [0.2, 0.25) is 5.91 Å². The van der Waals surface area contributed by atoms with Crippen LogP contribution in [0.4, 0.5) is 5.82 Å². The Morgan fingerprint density at radius 3 is 2.67 bits per heavy atom. The molecule has 174 valence electrons. The molecule has 33 heavy (non-hydrogen) atoms. The van der Waals surface area contributed by atoms with E-state index in [1.807, 2.05) is 32.9 Å². The van der Waals surface area contributed by atoms with Crippen LogP contribution < -0.4 is 5.32 Å². The normalized spacial score (nSPS) is 14.6. The third-order valence-corrected chi connectivity index (χ3v) is 5.99. The van der Waals surface area contributed by atoms with Crippen molar-refractivity contribution >= 4 is 23.9 Å². The van der Waals surface area contributed by atoms with Gasteiger partial charge in [-0.2, -0.15) is 0 Å². The lowest BCUT2D eigenvalue weighted by Gasteiger charge is -2.34. The molecule has 0 aromatic carbocycles. The van der Waals surface area contributed by atoms with E-state index in [4.69, 9.17) is 0 Å². The molecular formula is C25H31N5O3. The van der Waals surface area contributed by atoms with Crippen LogP contribution in [-0.2, 0) is 14.4 Å². The molecular weight excluding hydrogens is 418 g/mol. The third kappa shape index (κ3) is 5.83. The maximum atomic E-state index is 13.1. The lowest BCUT2D eigenvalue weighted by Crippen LogP contribution is -2.45. The Labute approximate surface area is 194 Å². The molecule has 1 aliphatic heterocycles. The molecule has 0 aliphatic carbocycles. The quantitative estimate of drug-likeness (QED) is 0.622. The highest BCUT2D eigenvalue weighted by Gasteiger charge is 2.30. The highest BCUT2D eigenvalue weighted by atomic mass is 16.2. The van der Waals surface area contributed by atoms with Crippen molar-refractivity contribution in [3.05, 3.63) is 53.6 Å². The van der Waals surface area contributed by atoms with E-state index in [0.717, 1.165) is 29.4 Å². The molecule has 0 fully saturated rings. The molecule has 0 bridgehead atoms. The van der Waals surface area contributed by atoms with Gasteiger partial charge >= 0.3 is 0 Å². The van der Waals surface area contributed by atoms with Crippen LogP contribution in [0.25, 0.3) is 11.1 Å². The molecule has 1 atom stereocenters.